The number of hydroxylamine groups is 2. The third-order valence-electron chi connectivity index (χ3n) is 4.03. The van der Waals surface area contributed by atoms with Gasteiger partial charge in [0, 0.05) is 0 Å². The second-order valence-corrected chi connectivity index (χ2v) is 7.27. The number of benzene rings is 2. The maximum atomic E-state index is 10.8. The lowest BCUT2D eigenvalue weighted by Crippen LogP contribution is -2.51. The van der Waals surface area contributed by atoms with Crippen molar-refractivity contribution in [3.05, 3.63) is 60.7 Å². The maximum Gasteiger partial charge on any atom is 0.215 e. The molecular formula is C20H25N3O3. The molecule has 1 aliphatic heterocycles. The topological polar surface area (TPSA) is 57.5 Å². The molecule has 0 aliphatic carbocycles. The summed E-state index contributed by atoms with van der Waals surface area (Å²) in [5.41, 5.74) is -0.372. The van der Waals surface area contributed by atoms with Crippen LogP contribution in [0, 0.1) is 5.41 Å². The van der Waals surface area contributed by atoms with Crippen LogP contribution in [0.3, 0.4) is 0 Å². The Morgan fingerprint density at radius 3 is 2.12 bits per heavy atom. The summed E-state index contributed by atoms with van der Waals surface area (Å²) in [6.45, 7) is 6.25. The average molecular weight is 355 g/mol. The van der Waals surface area contributed by atoms with E-state index < -0.39 is 12.3 Å². The smallest absolute Gasteiger partial charge is 0.215 e. The van der Waals surface area contributed by atoms with Crippen LogP contribution in [0.1, 0.15) is 20.8 Å². The molecule has 2 atom stereocenters. The van der Waals surface area contributed by atoms with Crippen LogP contribution in [0.25, 0.3) is 0 Å². The van der Waals surface area contributed by atoms with Gasteiger partial charge in [0.05, 0.1) is 0 Å². The first-order chi connectivity index (χ1) is 12.4. The van der Waals surface area contributed by atoms with Gasteiger partial charge in [-0.1, -0.05) is 57.2 Å². The molecule has 6 nitrogen and oxygen atoms in total. The van der Waals surface area contributed by atoms with Crippen LogP contribution < -0.4 is 9.57 Å². The highest BCUT2D eigenvalue weighted by Gasteiger charge is 2.38. The van der Waals surface area contributed by atoms with Crippen LogP contribution in [-0.2, 0) is 0 Å². The number of rotatable bonds is 6. The van der Waals surface area contributed by atoms with Crippen molar-refractivity contribution in [1.82, 2.24) is 10.1 Å². The van der Waals surface area contributed by atoms with Gasteiger partial charge in [-0.25, -0.2) is 5.01 Å². The molecule has 0 saturated carbocycles. The molecule has 1 heterocycles. The lowest BCUT2D eigenvalue weighted by molar-refractivity contribution is -0.126. The Hall–Kier alpha value is -2.73. The third-order valence-corrected chi connectivity index (χ3v) is 4.03. The zero-order valence-electron chi connectivity index (χ0n) is 15.3. The fourth-order valence-electron chi connectivity index (χ4n) is 2.51. The van der Waals surface area contributed by atoms with Gasteiger partial charge in [-0.15, -0.1) is 0 Å². The number of hydrazone groups is 1. The van der Waals surface area contributed by atoms with E-state index in [0.717, 1.165) is 5.75 Å². The second kappa shape index (κ2) is 7.66. The van der Waals surface area contributed by atoms with Gasteiger partial charge in [0.2, 0.25) is 6.23 Å². The molecule has 0 spiro atoms. The van der Waals surface area contributed by atoms with E-state index in [4.69, 9.17) is 9.57 Å². The highest BCUT2D eigenvalue weighted by Crippen LogP contribution is 2.28. The number of para-hydroxylation sites is 2. The molecule has 0 aromatic heterocycles. The molecule has 2 unspecified atom stereocenters. The van der Waals surface area contributed by atoms with Gasteiger partial charge in [-0.05, 0) is 29.7 Å². The number of nitrogens with zero attached hydrogens (tertiary/aromatic N) is 3. The summed E-state index contributed by atoms with van der Waals surface area (Å²) in [7, 11) is 0. The van der Waals surface area contributed by atoms with E-state index in [-0.39, 0.29) is 5.41 Å². The molecule has 1 N–H and O–H groups in total. The molecule has 2 aromatic carbocycles. The highest BCUT2D eigenvalue weighted by molar-refractivity contribution is 5.55. The summed E-state index contributed by atoms with van der Waals surface area (Å²) in [5.74, 6) is 1.40. The number of aliphatic hydroxyl groups excluding tert-OH is 1. The fraction of sp³-hybridized carbons (Fsp3) is 0.350. The van der Waals surface area contributed by atoms with Crippen molar-refractivity contribution >= 4 is 6.34 Å². The summed E-state index contributed by atoms with van der Waals surface area (Å²) in [6, 6.07) is 18.9. The second-order valence-electron chi connectivity index (χ2n) is 7.27. The van der Waals surface area contributed by atoms with E-state index in [1.165, 1.54) is 0 Å². The summed E-state index contributed by atoms with van der Waals surface area (Å²) < 4.78 is 6.07. The van der Waals surface area contributed by atoms with Crippen LogP contribution >= 0.6 is 0 Å². The number of ether oxygens (including phenoxy) is 1. The standard InChI is InChI=1S/C20H25N3O3/c1-20(2,3)18(24)19(25-16-10-6-4-7-11-16)23-15-22(14-21-23)26-17-12-8-5-9-13-17/h4-14,18-19,24H,15H2,1-3H3. The monoisotopic (exact) mass is 355 g/mol. The molecule has 138 valence electrons. The van der Waals surface area contributed by atoms with Crippen LogP contribution in [-0.4, -0.2) is 40.5 Å². The lowest BCUT2D eigenvalue weighted by Gasteiger charge is -2.37. The van der Waals surface area contributed by atoms with E-state index in [2.05, 4.69) is 5.10 Å². The van der Waals surface area contributed by atoms with Crippen molar-refractivity contribution in [2.24, 2.45) is 10.5 Å². The van der Waals surface area contributed by atoms with Gasteiger partial charge in [-0.3, -0.25) is 0 Å². The Kier molecular flexibility index (Phi) is 5.32. The summed E-state index contributed by atoms with van der Waals surface area (Å²) in [5, 5.41) is 18.5. The van der Waals surface area contributed by atoms with Gasteiger partial charge >= 0.3 is 0 Å². The van der Waals surface area contributed by atoms with Crippen molar-refractivity contribution in [3.63, 3.8) is 0 Å². The van der Waals surface area contributed by atoms with Crippen molar-refractivity contribution in [1.29, 1.82) is 0 Å². The molecule has 0 bridgehead atoms. The fourth-order valence-corrected chi connectivity index (χ4v) is 2.51. The third kappa shape index (κ3) is 4.46. The number of hydrogen-bond donors (Lipinski definition) is 1. The van der Waals surface area contributed by atoms with Crippen molar-refractivity contribution < 1.29 is 14.7 Å². The predicted molar refractivity (Wildman–Crippen MR) is 100 cm³/mol. The Balaban J connectivity index is 1.72. The van der Waals surface area contributed by atoms with E-state index in [9.17, 15) is 5.11 Å². The summed E-state index contributed by atoms with van der Waals surface area (Å²) in [6.07, 6.45) is 0.193. The Morgan fingerprint density at radius 1 is 0.962 bits per heavy atom. The maximum absolute atomic E-state index is 10.8. The van der Waals surface area contributed by atoms with E-state index >= 15 is 0 Å². The van der Waals surface area contributed by atoms with E-state index in [0.29, 0.717) is 12.4 Å². The van der Waals surface area contributed by atoms with Crippen molar-refractivity contribution in [2.45, 2.75) is 33.1 Å². The molecule has 2 aromatic rings. The van der Waals surface area contributed by atoms with Gasteiger partial charge in [0.1, 0.15) is 24.9 Å². The molecule has 26 heavy (non-hydrogen) atoms. The van der Waals surface area contributed by atoms with Crippen LogP contribution in [0.4, 0.5) is 0 Å². The molecule has 3 rings (SSSR count). The highest BCUT2D eigenvalue weighted by atomic mass is 16.7. The summed E-state index contributed by atoms with van der Waals surface area (Å²) >= 11 is 0. The van der Waals surface area contributed by atoms with Crippen LogP contribution in [0.2, 0.25) is 0 Å². The minimum absolute atomic E-state index is 0.347. The first kappa shape index (κ1) is 18.1. The van der Waals surface area contributed by atoms with Crippen molar-refractivity contribution in [3.8, 4) is 11.5 Å². The van der Waals surface area contributed by atoms with Gasteiger partial charge in [-0.2, -0.15) is 10.2 Å². The SMILES string of the molecule is CC(C)(C)C(O)C(Oc1ccccc1)N1CN(Oc2ccccc2)C=N1. The minimum atomic E-state index is -0.753. The molecular weight excluding hydrogens is 330 g/mol. The number of hydrogen-bond acceptors (Lipinski definition) is 6. The van der Waals surface area contributed by atoms with Crippen LogP contribution in [0.15, 0.2) is 65.8 Å². The Labute approximate surface area is 154 Å². The van der Waals surface area contributed by atoms with Gasteiger partial charge in [0.25, 0.3) is 0 Å². The molecule has 1 aliphatic rings. The lowest BCUT2D eigenvalue weighted by atomic mass is 9.88. The first-order valence-electron chi connectivity index (χ1n) is 8.64. The minimum Gasteiger partial charge on any atom is -0.466 e. The molecule has 0 amide bonds. The normalized spacial score (nSPS) is 16.5. The average Bonchev–Trinajstić information content (AvgIpc) is 3.08. The largest absolute Gasteiger partial charge is 0.466 e. The summed E-state index contributed by atoms with van der Waals surface area (Å²) in [4.78, 5) is 5.78. The molecule has 0 fully saturated rings. The quantitative estimate of drug-likeness (QED) is 0.861. The molecule has 6 heteroatoms. The first-order valence-corrected chi connectivity index (χ1v) is 8.64. The molecule has 0 radical (unpaired) electrons. The van der Waals surface area contributed by atoms with E-state index in [1.54, 1.807) is 16.4 Å². The predicted octanol–water partition coefficient (Wildman–Crippen LogP) is 3.31. The Morgan fingerprint density at radius 2 is 1.54 bits per heavy atom. The number of aliphatic hydroxyl groups is 1. The van der Waals surface area contributed by atoms with Gasteiger partial charge in [0.15, 0.2) is 5.75 Å². The zero-order valence-corrected chi connectivity index (χ0v) is 15.3. The van der Waals surface area contributed by atoms with Crippen molar-refractivity contribution in [2.75, 3.05) is 6.67 Å². The Bertz CT molecular complexity index is 716. The van der Waals surface area contributed by atoms with Gasteiger partial charge < -0.3 is 14.7 Å². The zero-order chi connectivity index (χ0) is 18.6. The van der Waals surface area contributed by atoms with E-state index in [1.807, 2.05) is 81.4 Å². The molecule has 0 saturated heterocycles. The van der Waals surface area contributed by atoms with Crippen LogP contribution in [0.5, 0.6) is 11.5 Å².